The van der Waals surface area contributed by atoms with Gasteiger partial charge in [-0.15, -0.1) is 0 Å². The maximum atomic E-state index is 12.1. The molecule has 0 saturated heterocycles. The molecule has 2 rings (SSSR count). The lowest BCUT2D eigenvalue weighted by atomic mass is 10.1. The van der Waals surface area contributed by atoms with Gasteiger partial charge < -0.3 is 14.8 Å². The first-order valence-corrected chi connectivity index (χ1v) is 8.29. The maximum Gasteiger partial charge on any atom is 0.258 e. The molecule has 0 aliphatic carbocycles. The van der Waals surface area contributed by atoms with Gasteiger partial charge in [0.15, 0.2) is 18.1 Å². The molecule has 2 aromatic rings. The standard InChI is InChI=1S/C18H20BrNO3/c1-3-22-16-6-4-5-7-17(16)23-12-18(21)20-13(2)14-8-10-15(19)11-9-14/h4-11,13H,3,12H2,1-2H3,(H,20,21). The normalized spacial score (nSPS) is 11.6. The van der Waals surface area contributed by atoms with Crippen molar-refractivity contribution in [3.05, 3.63) is 58.6 Å². The van der Waals surface area contributed by atoms with Crippen LogP contribution in [0.15, 0.2) is 53.0 Å². The van der Waals surface area contributed by atoms with Gasteiger partial charge in [-0.1, -0.05) is 40.2 Å². The highest BCUT2D eigenvalue weighted by molar-refractivity contribution is 9.10. The molecule has 0 aromatic heterocycles. The van der Waals surface area contributed by atoms with Crippen molar-refractivity contribution in [2.24, 2.45) is 0 Å². The summed E-state index contributed by atoms with van der Waals surface area (Å²) in [6, 6.07) is 15.1. The first-order chi connectivity index (χ1) is 11.1. The zero-order valence-electron chi connectivity index (χ0n) is 13.2. The summed E-state index contributed by atoms with van der Waals surface area (Å²) in [4.78, 5) is 12.1. The van der Waals surface area contributed by atoms with Crippen LogP contribution >= 0.6 is 15.9 Å². The highest BCUT2D eigenvalue weighted by atomic mass is 79.9. The zero-order chi connectivity index (χ0) is 16.7. The van der Waals surface area contributed by atoms with Gasteiger partial charge in [0, 0.05) is 4.47 Å². The molecule has 0 bridgehead atoms. The van der Waals surface area contributed by atoms with Gasteiger partial charge in [-0.3, -0.25) is 4.79 Å². The van der Waals surface area contributed by atoms with Crippen molar-refractivity contribution in [2.45, 2.75) is 19.9 Å². The van der Waals surface area contributed by atoms with E-state index in [9.17, 15) is 4.79 Å². The number of rotatable bonds is 7. The predicted octanol–water partition coefficient (Wildman–Crippen LogP) is 4.10. The van der Waals surface area contributed by atoms with Crippen LogP contribution in [0.2, 0.25) is 0 Å². The number of carbonyl (C=O) groups is 1. The summed E-state index contributed by atoms with van der Waals surface area (Å²) < 4.78 is 12.0. The van der Waals surface area contributed by atoms with Crippen LogP contribution in [0.1, 0.15) is 25.5 Å². The Bertz CT molecular complexity index is 643. The van der Waals surface area contributed by atoms with Crippen LogP contribution < -0.4 is 14.8 Å². The number of carbonyl (C=O) groups excluding carboxylic acids is 1. The fourth-order valence-electron chi connectivity index (χ4n) is 2.11. The Balaban J connectivity index is 1.89. The molecule has 1 amide bonds. The average Bonchev–Trinajstić information content (AvgIpc) is 2.55. The lowest BCUT2D eigenvalue weighted by Gasteiger charge is -2.16. The average molecular weight is 378 g/mol. The third-order valence-electron chi connectivity index (χ3n) is 3.26. The van der Waals surface area contributed by atoms with Crippen molar-refractivity contribution >= 4 is 21.8 Å². The number of ether oxygens (including phenoxy) is 2. The van der Waals surface area contributed by atoms with Crippen LogP contribution in [0.4, 0.5) is 0 Å². The number of halogens is 1. The summed E-state index contributed by atoms with van der Waals surface area (Å²) in [6.45, 7) is 4.34. The Kier molecular flexibility index (Phi) is 6.47. The number of benzene rings is 2. The molecule has 1 N–H and O–H groups in total. The summed E-state index contributed by atoms with van der Waals surface area (Å²) in [5.74, 6) is 1.04. The van der Waals surface area contributed by atoms with E-state index in [2.05, 4.69) is 21.2 Å². The number of nitrogens with one attached hydrogen (secondary N) is 1. The summed E-state index contributed by atoms with van der Waals surface area (Å²) in [6.07, 6.45) is 0. The summed E-state index contributed by atoms with van der Waals surface area (Å²) in [5, 5.41) is 2.92. The van der Waals surface area contributed by atoms with Gasteiger partial charge in [-0.25, -0.2) is 0 Å². The molecule has 122 valence electrons. The first kappa shape index (κ1) is 17.3. The Hall–Kier alpha value is -2.01. The monoisotopic (exact) mass is 377 g/mol. The van der Waals surface area contributed by atoms with Gasteiger partial charge in [0.05, 0.1) is 12.6 Å². The lowest BCUT2D eigenvalue weighted by Crippen LogP contribution is -2.31. The molecule has 0 aliphatic rings. The van der Waals surface area contributed by atoms with E-state index in [-0.39, 0.29) is 18.6 Å². The molecule has 2 aromatic carbocycles. The molecule has 0 radical (unpaired) electrons. The number of hydrogen-bond donors (Lipinski definition) is 1. The van der Waals surface area contributed by atoms with E-state index in [4.69, 9.17) is 9.47 Å². The van der Waals surface area contributed by atoms with E-state index >= 15 is 0 Å². The van der Waals surface area contributed by atoms with E-state index in [0.717, 1.165) is 10.0 Å². The highest BCUT2D eigenvalue weighted by Crippen LogP contribution is 2.26. The molecule has 0 spiro atoms. The van der Waals surface area contributed by atoms with Crippen molar-refractivity contribution in [3.8, 4) is 11.5 Å². The fraction of sp³-hybridized carbons (Fsp3) is 0.278. The molecule has 5 heteroatoms. The number of amides is 1. The quantitative estimate of drug-likeness (QED) is 0.789. The topological polar surface area (TPSA) is 47.6 Å². The Morgan fingerprint density at radius 2 is 1.70 bits per heavy atom. The summed E-state index contributed by atoms with van der Waals surface area (Å²) >= 11 is 3.40. The third-order valence-corrected chi connectivity index (χ3v) is 3.78. The Morgan fingerprint density at radius 1 is 1.09 bits per heavy atom. The van der Waals surface area contributed by atoms with Crippen molar-refractivity contribution in [3.63, 3.8) is 0 Å². The Morgan fingerprint density at radius 3 is 2.30 bits per heavy atom. The molecule has 23 heavy (non-hydrogen) atoms. The van der Waals surface area contributed by atoms with Crippen LogP contribution in [0.5, 0.6) is 11.5 Å². The summed E-state index contributed by atoms with van der Waals surface area (Å²) in [5.41, 5.74) is 1.04. The lowest BCUT2D eigenvalue weighted by molar-refractivity contribution is -0.123. The SMILES string of the molecule is CCOc1ccccc1OCC(=O)NC(C)c1ccc(Br)cc1. The van der Waals surface area contributed by atoms with Gasteiger partial charge >= 0.3 is 0 Å². The third kappa shape index (κ3) is 5.28. The van der Waals surface area contributed by atoms with Gasteiger partial charge in [-0.05, 0) is 43.7 Å². The first-order valence-electron chi connectivity index (χ1n) is 7.49. The minimum Gasteiger partial charge on any atom is -0.490 e. The molecule has 0 saturated carbocycles. The molecular weight excluding hydrogens is 358 g/mol. The molecule has 1 atom stereocenters. The number of para-hydroxylation sites is 2. The second-order valence-corrected chi connectivity index (χ2v) is 5.92. The van der Waals surface area contributed by atoms with E-state index in [1.54, 1.807) is 6.07 Å². The van der Waals surface area contributed by atoms with Crippen molar-refractivity contribution in [2.75, 3.05) is 13.2 Å². The fourth-order valence-corrected chi connectivity index (χ4v) is 2.37. The van der Waals surface area contributed by atoms with E-state index < -0.39 is 0 Å². The van der Waals surface area contributed by atoms with Crippen LogP contribution in [0, 0.1) is 0 Å². The van der Waals surface area contributed by atoms with Gasteiger partial charge in [0.1, 0.15) is 0 Å². The maximum absolute atomic E-state index is 12.1. The zero-order valence-corrected chi connectivity index (χ0v) is 14.8. The van der Waals surface area contributed by atoms with Crippen LogP contribution in [0.25, 0.3) is 0 Å². The van der Waals surface area contributed by atoms with Gasteiger partial charge in [-0.2, -0.15) is 0 Å². The minimum absolute atomic E-state index is 0.0506. The van der Waals surface area contributed by atoms with E-state index in [1.165, 1.54) is 0 Å². The van der Waals surface area contributed by atoms with Crippen LogP contribution in [0.3, 0.4) is 0 Å². The summed E-state index contributed by atoms with van der Waals surface area (Å²) in [7, 11) is 0. The molecular formula is C18H20BrNO3. The Labute approximate surface area is 144 Å². The smallest absolute Gasteiger partial charge is 0.258 e. The van der Waals surface area contributed by atoms with E-state index in [0.29, 0.717) is 18.1 Å². The molecule has 1 unspecified atom stereocenters. The van der Waals surface area contributed by atoms with Gasteiger partial charge in [0.2, 0.25) is 0 Å². The van der Waals surface area contributed by atoms with Gasteiger partial charge in [0.25, 0.3) is 5.91 Å². The van der Waals surface area contributed by atoms with E-state index in [1.807, 2.05) is 56.3 Å². The molecule has 0 fully saturated rings. The predicted molar refractivity (Wildman–Crippen MR) is 93.8 cm³/mol. The number of hydrogen-bond acceptors (Lipinski definition) is 3. The largest absolute Gasteiger partial charge is 0.490 e. The van der Waals surface area contributed by atoms with Crippen molar-refractivity contribution in [1.82, 2.24) is 5.32 Å². The van der Waals surface area contributed by atoms with Crippen LogP contribution in [-0.2, 0) is 4.79 Å². The van der Waals surface area contributed by atoms with Crippen molar-refractivity contribution in [1.29, 1.82) is 0 Å². The highest BCUT2D eigenvalue weighted by Gasteiger charge is 2.11. The van der Waals surface area contributed by atoms with Crippen molar-refractivity contribution < 1.29 is 14.3 Å². The molecule has 0 aliphatic heterocycles. The molecule has 0 heterocycles. The second kappa shape index (κ2) is 8.58. The van der Waals surface area contributed by atoms with Crippen LogP contribution in [-0.4, -0.2) is 19.1 Å². The molecule has 4 nitrogen and oxygen atoms in total. The minimum atomic E-state index is -0.174. The second-order valence-electron chi connectivity index (χ2n) is 5.01.